The normalized spacial score (nSPS) is 24.6. The molecule has 1 fully saturated rings. The van der Waals surface area contributed by atoms with Crippen molar-refractivity contribution < 1.29 is 17.9 Å². The molecule has 2 atom stereocenters. The molecular weight excluding hydrogens is 327 g/mol. The molecule has 4 nitrogen and oxygen atoms in total. The number of anilines is 1. The second-order valence-electron chi connectivity index (χ2n) is 4.40. The number of hydrogen-bond acceptors (Lipinski definition) is 4. The number of aromatic nitrogens is 2. The Bertz CT molecular complexity index is 426. The van der Waals surface area contributed by atoms with Crippen LogP contribution in [-0.4, -0.2) is 40.8 Å². The van der Waals surface area contributed by atoms with E-state index in [0.29, 0.717) is 24.2 Å². The fraction of sp³-hybridized carbons (Fsp3) is 0.636. The Kier molecular flexibility index (Phi) is 4.29. The van der Waals surface area contributed by atoms with Crippen molar-refractivity contribution in [1.82, 2.24) is 10.2 Å². The van der Waals surface area contributed by atoms with Crippen LogP contribution < -0.4 is 4.90 Å². The van der Waals surface area contributed by atoms with Crippen LogP contribution in [0.1, 0.15) is 12.6 Å². The summed E-state index contributed by atoms with van der Waals surface area (Å²) in [4.78, 5) is 1.88. The highest BCUT2D eigenvalue weighted by molar-refractivity contribution is 9.09. The Labute approximate surface area is 117 Å². The minimum Gasteiger partial charge on any atom is -0.371 e. The lowest BCUT2D eigenvalue weighted by Gasteiger charge is -2.36. The summed E-state index contributed by atoms with van der Waals surface area (Å²) in [5.74, 6) is 0.439. The highest BCUT2D eigenvalue weighted by atomic mass is 79.9. The van der Waals surface area contributed by atoms with Crippen LogP contribution in [0.15, 0.2) is 12.1 Å². The smallest absolute Gasteiger partial charge is 0.371 e. The lowest BCUT2D eigenvalue weighted by molar-refractivity contribution is -0.141. The van der Waals surface area contributed by atoms with Gasteiger partial charge in [-0.05, 0) is 19.1 Å². The van der Waals surface area contributed by atoms with E-state index in [1.807, 2.05) is 11.8 Å². The molecule has 1 aliphatic rings. The van der Waals surface area contributed by atoms with Crippen LogP contribution in [0.25, 0.3) is 0 Å². The molecule has 0 N–H and O–H groups in total. The van der Waals surface area contributed by atoms with Crippen molar-refractivity contribution in [2.24, 2.45) is 0 Å². The van der Waals surface area contributed by atoms with Crippen molar-refractivity contribution in [2.75, 3.05) is 23.3 Å². The second-order valence-corrected chi connectivity index (χ2v) is 5.05. The molecule has 0 spiro atoms. The van der Waals surface area contributed by atoms with E-state index in [4.69, 9.17) is 4.74 Å². The zero-order valence-electron chi connectivity index (χ0n) is 10.2. The molecule has 0 aliphatic carbocycles. The van der Waals surface area contributed by atoms with Gasteiger partial charge in [0.05, 0.1) is 12.2 Å². The van der Waals surface area contributed by atoms with Gasteiger partial charge in [0.2, 0.25) is 0 Å². The molecule has 0 aromatic carbocycles. The quantitative estimate of drug-likeness (QED) is 0.776. The van der Waals surface area contributed by atoms with Crippen LogP contribution >= 0.6 is 15.9 Å². The fourth-order valence-corrected chi connectivity index (χ4v) is 2.32. The molecule has 0 bridgehead atoms. The van der Waals surface area contributed by atoms with E-state index in [2.05, 4.69) is 26.1 Å². The summed E-state index contributed by atoms with van der Waals surface area (Å²) in [6.45, 7) is 3.08. The van der Waals surface area contributed by atoms with E-state index >= 15 is 0 Å². The highest BCUT2D eigenvalue weighted by Gasteiger charge is 2.33. The summed E-state index contributed by atoms with van der Waals surface area (Å²) in [6, 6.07) is 2.30. The molecule has 0 saturated carbocycles. The summed E-state index contributed by atoms with van der Waals surface area (Å²) < 4.78 is 42.8. The number of nitrogens with zero attached hydrogens (tertiary/aromatic N) is 3. The molecule has 1 aliphatic heterocycles. The average molecular weight is 340 g/mol. The first-order valence-electron chi connectivity index (χ1n) is 5.77. The summed E-state index contributed by atoms with van der Waals surface area (Å²) in [6.07, 6.45) is -4.46. The first kappa shape index (κ1) is 14.5. The third-order valence-electron chi connectivity index (χ3n) is 2.76. The summed E-state index contributed by atoms with van der Waals surface area (Å²) in [5.41, 5.74) is -0.977. The van der Waals surface area contributed by atoms with Gasteiger partial charge >= 0.3 is 6.18 Å². The monoisotopic (exact) mass is 339 g/mol. The van der Waals surface area contributed by atoms with Gasteiger partial charge in [-0.15, -0.1) is 10.2 Å². The number of halogens is 4. The topological polar surface area (TPSA) is 38.2 Å². The van der Waals surface area contributed by atoms with E-state index in [9.17, 15) is 13.2 Å². The van der Waals surface area contributed by atoms with Crippen LogP contribution in [-0.2, 0) is 10.9 Å². The molecule has 19 heavy (non-hydrogen) atoms. The van der Waals surface area contributed by atoms with E-state index in [0.717, 1.165) is 6.07 Å². The van der Waals surface area contributed by atoms with E-state index < -0.39 is 11.9 Å². The van der Waals surface area contributed by atoms with E-state index in [1.54, 1.807) is 0 Å². The van der Waals surface area contributed by atoms with E-state index in [1.165, 1.54) is 6.07 Å². The highest BCUT2D eigenvalue weighted by Crippen LogP contribution is 2.28. The molecule has 0 amide bonds. The molecule has 1 aromatic rings. The number of morpholine rings is 1. The van der Waals surface area contributed by atoms with Crippen molar-refractivity contribution in [2.45, 2.75) is 25.3 Å². The number of alkyl halides is 4. The third-order valence-corrected chi connectivity index (χ3v) is 3.49. The molecule has 1 saturated heterocycles. The number of rotatable bonds is 2. The zero-order chi connectivity index (χ0) is 14.0. The molecule has 2 rings (SSSR count). The van der Waals surface area contributed by atoms with Crippen molar-refractivity contribution in [3.05, 3.63) is 17.8 Å². The molecular formula is C11H13BrF3N3O. The van der Waals surface area contributed by atoms with Gasteiger partial charge in [0.25, 0.3) is 0 Å². The Morgan fingerprint density at radius 2 is 2.11 bits per heavy atom. The third kappa shape index (κ3) is 3.56. The molecule has 0 radical (unpaired) electrons. The van der Waals surface area contributed by atoms with Gasteiger partial charge in [-0.25, -0.2) is 0 Å². The Balaban J connectivity index is 2.13. The lowest BCUT2D eigenvalue weighted by atomic mass is 10.2. The first-order chi connectivity index (χ1) is 8.90. The molecule has 2 heterocycles. The van der Waals surface area contributed by atoms with Gasteiger partial charge in [0.15, 0.2) is 11.5 Å². The predicted octanol–water partition coefficient (Wildman–Crippen LogP) is 2.48. The number of hydrogen-bond donors (Lipinski definition) is 0. The van der Waals surface area contributed by atoms with Gasteiger partial charge in [-0.3, -0.25) is 0 Å². The maximum Gasteiger partial charge on any atom is 0.435 e. The van der Waals surface area contributed by atoms with Crippen molar-refractivity contribution in [3.8, 4) is 0 Å². The Hall–Kier alpha value is -0.890. The van der Waals surface area contributed by atoms with Crippen LogP contribution in [0.5, 0.6) is 0 Å². The summed E-state index contributed by atoms with van der Waals surface area (Å²) >= 11 is 3.34. The van der Waals surface area contributed by atoms with Crippen LogP contribution in [0.2, 0.25) is 0 Å². The maximum absolute atomic E-state index is 12.4. The van der Waals surface area contributed by atoms with Crippen LogP contribution in [0, 0.1) is 0 Å². The average Bonchev–Trinajstić information content (AvgIpc) is 2.37. The molecule has 2 unspecified atom stereocenters. The minimum absolute atomic E-state index is 0.000364. The largest absolute Gasteiger partial charge is 0.435 e. The standard InChI is InChI=1S/C11H13BrF3N3O/c1-7-5-18(6-8(4-12)19-7)10-3-2-9(16-17-10)11(13,14)15/h2-3,7-8H,4-6H2,1H3. The molecule has 8 heteroatoms. The van der Waals surface area contributed by atoms with Gasteiger partial charge in [-0.1, -0.05) is 15.9 Å². The van der Waals surface area contributed by atoms with Crippen molar-refractivity contribution in [3.63, 3.8) is 0 Å². The van der Waals surface area contributed by atoms with Gasteiger partial charge in [-0.2, -0.15) is 13.2 Å². The van der Waals surface area contributed by atoms with Gasteiger partial charge < -0.3 is 9.64 Å². The molecule has 1 aromatic heterocycles. The van der Waals surface area contributed by atoms with Crippen LogP contribution in [0.4, 0.5) is 19.0 Å². The zero-order valence-corrected chi connectivity index (χ0v) is 11.8. The first-order valence-corrected chi connectivity index (χ1v) is 6.89. The van der Waals surface area contributed by atoms with Gasteiger partial charge in [0.1, 0.15) is 0 Å². The van der Waals surface area contributed by atoms with Crippen molar-refractivity contribution in [1.29, 1.82) is 0 Å². The number of ether oxygens (including phenoxy) is 1. The van der Waals surface area contributed by atoms with Gasteiger partial charge in [0, 0.05) is 18.4 Å². The second kappa shape index (κ2) is 5.62. The van der Waals surface area contributed by atoms with Crippen molar-refractivity contribution >= 4 is 21.7 Å². The van der Waals surface area contributed by atoms with Crippen LogP contribution in [0.3, 0.4) is 0 Å². The predicted molar refractivity (Wildman–Crippen MR) is 67.4 cm³/mol. The summed E-state index contributed by atoms with van der Waals surface area (Å²) in [5, 5.41) is 7.56. The SMILES string of the molecule is CC1CN(c2ccc(C(F)(F)F)nn2)CC(CBr)O1. The van der Waals surface area contributed by atoms with E-state index in [-0.39, 0.29) is 12.2 Å². The molecule has 106 valence electrons. The Morgan fingerprint density at radius 1 is 1.37 bits per heavy atom. The Morgan fingerprint density at radius 3 is 2.63 bits per heavy atom. The fourth-order valence-electron chi connectivity index (χ4n) is 1.96. The lowest BCUT2D eigenvalue weighted by Crippen LogP contribution is -2.47. The summed E-state index contributed by atoms with van der Waals surface area (Å²) in [7, 11) is 0. The maximum atomic E-state index is 12.4. The minimum atomic E-state index is -4.46.